The molecule has 3 heterocycles. The standard InChI is InChI=1S/C42H54N4O6/c47-40(48)37(34-10-13-43-22-34)19-28-4-1-7-31(16-28)25-46(26-32-8-2-5-29(17-32)20-38(41(49)50)35-11-14-44-23-35)27-33-9-3-6-30(18-33)21-39(42(51)52)36-12-15-45-24-36/h1-9,16-18,34-39,43-45H,10-15,19-27H2,(H,47,48)(H,49,50)(H,51,52)/t34-,35-,36-,37-,38-,39-/m0/s1/i13D2,14D2,15D2. The summed E-state index contributed by atoms with van der Waals surface area (Å²) in [7, 11) is 0. The Kier molecular flexibility index (Phi) is 10.6. The summed E-state index contributed by atoms with van der Waals surface area (Å²) in [5.74, 6) is -6.23. The molecule has 3 aliphatic heterocycles. The fraction of sp³-hybridized carbons (Fsp3) is 0.500. The third-order valence-corrected chi connectivity index (χ3v) is 10.8. The predicted molar refractivity (Wildman–Crippen MR) is 200 cm³/mol. The monoisotopic (exact) mass is 716 g/mol. The smallest absolute Gasteiger partial charge is 0.307 e. The Morgan fingerprint density at radius 3 is 1.10 bits per heavy atom. The Morgan fingerprint density at radius 1 is 0.558 bits per heavy atom. The van der Waals surface area contributed by atoms with Crippen LogP contribution in [0.4, 0.5) is 0 Å². The van der Waals surface area contributed by atoms with Gasteiger partial charge in [0.1, 0.15) is 0 Å². The van der Waals surface area contributed by atoms with Crippen LogP contribution in [0, 0.1) is 35.5 Å². The number of nitrogens with one attached hydrogen (secondary N) is 3. The highest BCUT2D eigenvalue weighted by Gasteiger charge is 2.33. The van der Waals surface area contributed by atoms with Crippen LogP contribution in [0.15, 0.2) is 72.8 Å². The molecule has 3 saturated heterocycles. The van der Waals surface area contributed by atoms with E-state index in [1.54, 1.807) is 0 Å². The van der Waals surface area contributed by atoms with Gasteiger partial charge >= 0.3 is 17.9 Å². The van der Waals surface area contributed by atoms with Crippen molar-refractivity contribution >= 4 is 17.9 Å². The minimum atomic E-state index is -1.61. The van der Waals surface area contributed by atoms with Crippen molar-refractivity contribution in [3.8, 4) is 0 Å². The van der Waals surface area contributed by atoms with Crippen LogP contribution in [0.1, 0.15) is 60.9 Å². The lowest BCUT2D eigenvalue weighted by Crippen LogP contribution is -2.28. The third kappa shape index (κ3) is 10.3. The number of carboxylic acids is 3. The summed E-state index contributed by atoms with van der Waals surface area (Å²) in [6, 6.07) is 23.3. The number of benzene rings is 3. The highest BCUT2D eigenvalue weighted by atomic mass is 16.4. The first-order chi connectivity index (χ1) is 27.3. The van der Waals surface area contributed by atoms with Crippen molar-refractivity contribution in [1.29, 1.82) is 0 Å². The molecule has 3 aromatic rings. The van der Waals surface area contributed by atoms with Crippen molar-refractivity contribution in [3.63, 3.8) is 0 Å². The van der Waals surface area contributed by atoms with Gasteiger partial charge in [0.2, 0.25) is 0 Å². The molecule has 3 aliphatic rings. The van der Waals surface area contributed by atoms with E-state index in [0.717, 1.165) is 33.4 Å². The molecule has 3 fully saturated rings. The molecule has 0 aliphatic carbocycles. The summed E-state index contributed by atoms with van der Waals surface area (Å²) in [4.78, 5) is 39.4. The molecular formula is C42H54N4O6. The maximum absolute atomic E-state index is 12.4. The molecule has 0 bridgehead atoms. The normalized spacial score (nSPS) is 26.6. The fourth-order valence-corrected chi connectivity index (χ4v) is 7.93. The van der Waals surface area contributed by atoms with E-state index < -0.39 is 55.2 Å². The summed E-state index contributed by atoms with van der Waals surface area (Å²) < 4.78 is 48.2. The number of hydrogen-bond donors (Lipinski definition) is 6. The quantitative estimate of drug-likeness (QED) is 0.112. The molecule has 6 N–H and O–H groups in total. The van der Waals surface area contributed by atoms with Gasteiger partial charge in [-0.2, -0.15) is 0 Å². The molecule has 52 heavy (non-hydrogen) atoms. The molecular weight excluding hydrogens is 656 g/mol. The molecule has 0 spiro atoms. The average Bonchev–Trinajstić information content (AvgIpc) is 3.82. The SMILES string of the molecule is [2H]C1([2H])C[C@H]([C@H](Cc2cccc(CN(Cc3cccc(C[C@H](C(=O)O)[C@@H]4CNC([2H])([2H])C4)c3)Cc3cccc(C[C@H](C(=O)O)[C@@H]4CNC([2H])([2H])C4)c3)c2)C(=O)O)CN1. The minimum absolute atomic E-state index is 0.121. The van der Waals surface area contributed by atoms with Crippen molar-refractivity contribution in [3.05, 3.63) is 106 Å². The molecule has 0 amide bonds. The van der Waals surface area contributed by atoms with E-state index in [0.29, 0.717) is 19.6 Å². The van der Waals surface area contributed by atoms with E-state index in [1.165, 1.54) is 0 Å². The van der Waals surface area contributed by atoms with Crippen LogP contribution in [0.2, 0.25) is 0 Å². The third-order valence-electron chi connectivity index (χ3n) is 10.8. The molecule has 10 nitrogen and oxygen atoms in total. The minimum Gasteiger partial charge on any atom is -0.481 e. The number of nitrogens with zero attached hydrogens (tertiary/aromatic N) is 1. The van der Waals surface area contributed by atoms with E-state index in [-0.39, 0.29) is 75.9 Å². The Labute approximate surface area is 315 Å². The van der Waals surface area contributed by atoms with Gasteiger partial charge in [0.25, 0.3) is 0 Å². The van der Waals surface area contributed by atoms with Crippen molar-refractivity contribution in [2.45, 2.75) is 58.2 Å². The van der Waals surface area contributed by atoms with E-state index in [1.807, 2.05) is 72.8 Å². The van der Waals surface area contributed by atoms with Crippen LogP contribution in [0.5, 0.6) is 0 Å². The van der Waals surface area contributed by atoms with Crippen molar-refractivity contribution in [2.75, 3.05) is 39.1 Å². The summed E-state index contributed by atoms with van der Waals surface area (Å²) in [5.41, 5.74) is 5.32. The molecule has 3 aromatic carbocycles. The molecule has 278 valence electrons. The summed E-state index contributed by atoms with van der Waals surface area (Å²) in [5, 5.41) is 38.8. The van der Waals surface area contributed by atoms with Gasteiger partial charge in [0.05, 0.1) is 17.8 Å². The lowest BCUT2D eigenvalue weighted by atomic mass is 9.85. The van der Waals surface area contributed by atoms with Crippen molar-refractivity contribution < 1.29 is 37.9 Å². The van der Waals surface area contributed by atoms with Gasteiger partial charge in [-0.1, -0.05) is 72.8 Å². The van der Waals surface area contributed by atoms with Gasteiger partial charge < -0.3 is 31.3 Å². The Balaban J connectivity index is 1.23. The van der Waals surface area contributed by atoms with E-state index in [2.05, 4.69) is 20.9 Å². The first kappa shape index (κ1) is 30.4. The Morgan fingerprint density at radius 2 is 0.846 bits per heavy atom. The van der Waals surface area contributed by atoms with Crippen molar-refractivity contribution in [1.82, 2.24) is 20.9 Å². The number of hydrogen-bond acceptors (Lipinski definition) is 7. The lowest BCUT2D eigenvalue weighted by molar-refractivity contribution is -0.144. The molecule has 0 unspecified atom stereocenters. The second-order valence-electron chi connectivity index (χ2n) is 14.6. The van der Waals surface area contributed by atoms with Gasteiger partial charge in [0.15, 0.2) is 0 Å². The summed E-state index contributed by atoms with van der Waals surface area (Å²) >= 11 is 0. The van der Waals surface area contributed by atoms with E-state index in [9.17, 15) is 29.7 Å². The average molecular weight is 717 g/mol. The van der Waals surface area contributed by atoms with Crippen molar-refractivity contribution in [2.24, 2.45) is 35.5 Å². The van der Waals surface area contributed by atoms with E-state index >= 15 is 0 Å². The highest BCUT2D eigenvalue weighted by Crippen LogP contribution is 2.28. The molecule has 10 heteroatoms. The largest absolute Gasteiger partial charge is 0.481 e. The highest BCUT2D eigenvalue weighted by molar-refractivity contribution is 5.72. The number of carbonyl (C=O) groups is 3. The topological polar surface area (TPSA) is 151 Å². The number of rotatable bonds is 18. The zero-order chi connectivity index (χ0) is 41.8. The maximum atomic E-state index is 12.4. The van der Waals surface area contributed by atoms with Crippen LogP contribution >= 0.6 is 0 Å². The number of aliphatic carboxylic acids is 3. The van der Waals surface area contributed by atoms with Crippen LogP contribution in [0.3, 0.4) is 0 Å². The van der Waals surface area contributed by atoms with Gasteiger partial charge in [-0.3, -0.25) is 19.3 Å². The zero-order valence-electron chi connectivity index (χ0n) is 35.4. The number of carboxylic acid groups (broad SMARTS) is 3. The van der Waals surface area contributed by atoms with Crippen LogP contribution in [-0.4, -0.2) is 77.3 Å². The van der Waals surface area contributed by atoms with Crippen LogP contribution in [-0.2, 0) is 53.3 Å². The second-order valence-corrected chi connectivity index (χ2v) is 14.6. The van der Waals surface area contributed by atoms with E-state index in [4.69, 9.17) is 8.22 Å². The molecule has 0 radical (unpaired) electrons. The molecule has 0 saturated carbocycles. The first-order valence-corrected chi connectivity index (χ1v) is 18.2. The van der Waals surface area contributed by atoms with Gasteiger partial charge in [-0.25, -0.2) is 0 Å². The fourth-order valence-electron chi connectivity index (χ4n) is 7.93. The predicted octanol–water partition coefficient (Wildman–Crippen LogP) is 4.45. The Hall–Kier alpha value is -4.09. The van der Waals surface area contributed by atoms with Gasteiger partial charge in [0, 0.05) is 27.9 Å². The zero-order valence-corrected chi connectivity index (χ0v) is 29.4. The Bertz CT molecular complexity index is 1730. The molecule has 0 aromatic heterocycles. The molecule has 6 rings (SSSR count). The van der Waals surface area contributed by atoms with Gasteiger partial charge in [-0.15, -0.1) is 0 Å². The lowest BCUT2D eigenvalue weighted by Gasteiger charge is -2.25. The summed E-state index contributed by atoms with van der Waals surface area (Å²) in [6.45, 7) is -2.55. The van der Waals surface area contributed by atoms with Crippen LogP contribution in [0.25, 0.3) is 0 Å². The maximum Gasteiger partial charge on any atom is 0.307 e. The summed E-state index contributed by atoms with van der Waals surface area (Å²) in [6.07, 6.45) is 1.12. The van der Waals surface area contributed by atoms with Gasteiger partial charge in [-0.05, 0) is 129 Å². The first-order valence-electron chi connectivity index (χ1n) is 21.2. The second kappa shape index (κ2) is 18.1. The van der Waals surface area contributed by atoms with Crippen LogP contribution < -0.4 is 16.0 Å². The molecule has 6 atom stereocenters.